The number of hydrogen-bond donors (Lipinski definition) is 2. The zero-order valence-electron chi connectivity index (χ0n) is 13.4. The van der Waals surface area contributed by atoms with Gasteiger partial charge in [-0.2, -0.15) is 4.72 Å². The largest absolute Gasteiger partial charge is 0.352 e. The summed E-state index contributed by atoms with van der Waals surface area (Å²) in [5, 5.41) is 2.70. The quantitative estimate of drug-likeness (QED) is 0.840. The van der Waals surface area contributed by atoms with Gasteiger partial charge in [-0.25, -0.2) is 12.8 Å². The van der Waals surface area contributed by atoms with E-state index in [4.69, 9.17) is 0 Å². The number of nitrogens with one attached hydrogen (secondary N) is 2. The van der Waals surface area contributed by atoms with Gasteiger partial charge in [0.1, 0.15) is 11.9 Å². The molecule has 0 saturated heterocycles. The Morgan fingerprint density at radius 1 is 1.00 bits per heavy atom. The standard InChI is InChI=1S/C17H19FN2O3S/c1-12(2)19-17(21)16(13-6-4-3-5-7-13)20-24(22,23)15-10-8-14(18)9-11-15/h3-12,16,20H,1-2H3,(H,19,21)/t16-/m0/s1. The topological polar surface area (TPSA) is 75.3 Å². The molecule has 7 heteroatoms. The Balaban J connectivity index is 2.34. The lowest BCUT2D eigenvalue weighted by molar-refractivity contribution is -0.123. The van der Waals surface area contributed by atoms with Crippen LogP contribution in [0.1, 0.15) is 25.5 Å². The molecule has 0 bridgehead atoms. The van der Waals surface area contributed by atoms with Gasteiger partial charge in [-0.3, -0.25) is 4.79 Å². The first-order chi connectivity index (χ1) is 11.3. The third-order valence-electron chi connectivity index (χ3n) is 3.22. The second-order valence-corrected chi connectivity index (χ2v) is 7.30. The average molecular weight is 350 g/mol. The number of halogens is 1. The fourth-order valence-electron chi connectivity index (χ4n) is 2.12. The number of benzene rings is 2. The van der Waals surface area contributed by atoms with Crippen molar-refractivity contribution in [1.82, 2.24) is 10.0 Å². The molecule has 0 heterocycles. The number of carbonyl (C=O) groups is 1. The van der Waals surface area contributed by atoms with Crippen LogP contribution in [0.2, 0.25) is 0 Å². The molecule has 2 aromatic carbocycles. The van der Waals surface area contributed by atoms with Gasteiger partial charge in [0.25, 0.3) is 0 Å². The summed E-state index contributed by atoms with van der Waals surface area (Å²) in [5.41, 5.74) is 0.515. The highest BCUT2D eigenvalue weighted by atomic mass is 32.2. The van der Waals surface area contributed by atoms with Crippen LogP contribution in [0.3, 0.4) is 0 Å². The average Bonchev–Trinajstić information content (AvgIpc) is 2.53. The van der Waals surface area contributed by atoms with E-state index in [1.165, 1.54) is 0 Å². The van der Waals surface area contributed by atoms with E-state index in [2.05, 4.69) is 10.0 Å². The molecular formula is C17H19FN2O3S. The van der Waals surface area contributed by atoms with Crippen LogP contribution >= 0.6 is 0 Å². The van der Waals surface area contributed by atoms with E-state index in [-0.39, 0.29) is 10.9 Å². The van der Waals surface area contributed by atoms with Crippen molar-refractivity contribution in [2.24, 2.45) is 0 Å². The molecule has 0 spiro atoms. The number of carbonyl (C=O) groups excluding carboxylic acids is 1. The van der Waals surface area contributed by atoms with Gasteiger partial charge in [-0.05, 0) is 43.7 Å². The number of hydrogen-bond acceptors (Lipinski definition) is 3. The fraction of sp³-hybridized carbons (Fsp3) is 0.235. The Kier molecular flexibility index (Phi) is 5.69. The molecule has 1 amide bonds. The lowest BCUT2D eigenvalue weighted by atomic mass is 10.1. The minimum Gasteiger partial charge on any atom is -0.352 e. The van der Waals surface area contributed by atoms with Gasteiger partial charge in [0.15, 0.2) is 0 Å². The first-order valence-electron chi connectivity index (χ1n) is 7.43. The Morgan fingerprint density at radius 2 is 1.58 bits per heavy atom. The first-order valence-corrected chi connectivity index (χ1v) is 8.91. The zero-order valence-corrected chi connectivity index (χ0v) is 14.2. The van der Waals surface area contributed by atoms with Gasteiger partial charge in [-0.1, -0.05) is 30.3 Å². The Bertz CT molecular complexity index is 790. The number of rotatable bonds is 6. The highest BCUT2D eigenvalue weighted by Gasteiger charge is 2.27. The maximum Gasteiger partial charge on any atom is 0.242 e. The molecule has 0 fully saturated rings. The molecule has 0 radical (unpaired) electrons. The molecule has 5 nitrogen and oxygen atoms in total. The molecule has 2 rings (SSSR count). The van der Waals surface area contributed by atoms with Crippen LogP contribution in [-0.4, -0.2) is 20.4 Å². The van der Waals surface area contributed by atoms with Crippen LogP contribution < -0.4 is 10.0 Å². The summed E-state index contributed by atoms with van der Waals surface area (Å²) in [7, 11) is -3.98. The van der Waals surface area contributed by atoms with Crippen LogP contribution in [0.5, 0.6) is 0 Å². The molecule has 2 N–H and O–H groups in total. The molecule has 0 aromatic heterocycles. The van der Waals surface area contributed by atoms with Crippen LogP contribution in [0.25, 0.3) is 0 Å². The Morgan fingerprint density at radius 3 is 2.12 bits per heavy atom. The number of sulfonamides is 1. The van der Waals surface area contributed by atoms with Crippen molar-refractivity contribution in [3.63, 3.8) is 0 Å². The highest BCUT2D eigenvalue weighted by Crippen LogP contribution is 2.18. The molecule has 0 aliphatic carbocycles. The molecule has 0 aliphatic heterocycles. The second kappa shape index (κ2) is 7.55. The van der Waals surface area contributed by atoms with Gasteiger partial charge in [0.2, 0.25) is 15.9 Å². The van der Waals surface area contributed by atoms with E-state index in [1.54, 1.807) is 44.2 Å². The molecule has 0 aliphatic rings. The van der Waals surface area contributed by atoms with Crippen LogP contribution in [0, 0.1) is 5.82 Å². The van der Waals surface area contributed by atoms with E-state index >= 15 is 0 Å². The summed E-state index contributed by atoms with van der Waals surface area (Å²) in [6.45, 7) is 3.57. The molecule has 24 heavy (non-hydrogen) atoms. The predicted molar refractivity (Wildman–Crippen MR) is 89.2 cm³/mol. The zero-order chi connectivity index (χ0) is 17.7. The van der Waals surface area contributed by atoms with Crippen molar-refractivity contribution in [2.45, 2.75) is 30.8 Å². The Hall–Kier alpha value is -2.25. The van der Waals surface area contributed by atoms with Gasteiger partial charge < -0.3 is 5.32 Å². The summed E-state index contributed by atoms with van der Waals surface area (Å²) < 4.78 is 40.4. The minimum absolute atomic E-state index is 0.109. The van der Waals surface area contributed by atoms with Crippen LogP contribution in [0.4, 0.5) is 4.39 Å². The lowest BCUT2D eigenvalue weighted by Gasteiger charge is -2.20. The van der Waals surface area contributed by atoms with E-state index in [0.29, 0.717) is 5.56 Å². The molecule has 0 saturated carbocycles. The Labute approximate surface area is 141 Å². The van der Waals surface area contributed by atoms with Gasteiger partial charge in [-0.15, -0.1) is 0 Å². The van der Waals surface area contributed by atoms with E-state index in [1.807, 2.05) is 0 Å². The van der Waals surface area contributed by atoms with Crippen molar-refractivity contribution in [2.75, 3.05) is 0 Å². The molecule has 0 unspecified atom stereocenters. The SMILES string of the molecule is CC(C)NC(=O)[C@@H](NS(=O)(=O)c1ccc(F)cc1)c1ccccc1. The van der Waals surface area contributed by atoms with E-state index < -0.39 is 27.8 Å². The van der Waals surface area contributed by atoms with Crippen molar-refractivity contribution in [1.29, 1.82) is 0 Å². The normalized spacial score (nSPS) is 12.8. The smallest absolute Gasteiger partial charge is 0.242 e. The van der Waals surface area contributed by atoms with Gasteiger partial charge >= 0.3 is 0 Å². The summed E-state index contributed by atoms with van der Waals surface area (Å²) in [6, 6.07) is 11.7. The van der Waals surface area contributed by atoms with Gasteiger partial charge in [0, 0.05) is 6.04 Å². The summed E-state index contributed by atoms with van der Waals surface area (Å²) in [5.74, 6) is -0.993. The van der Waals surface area contributed by atoms with Crippen LogP contribution in [0.15, 0.2) is 59.5 Å². The maximum absolute atomic E-state index is 13.0. The lowest BCUT2D eigenvalue weighted by Crippen LogP contribution is -2.42. The third-order valence-corrected chi connectivity index (χ3v) is 4.66. The third kappa shape index (κ3) is 4.62. The predicted octanol–water partition coefficient (Wildman–Crippen LogP) is 2.37. The monoisotopic (exact) mass is 350 g/mol. The van der Waals surface area contributed by atoms with E-state index in [9.17, 15) is 17.6 Å². The maximum atomic E-state index is 13.0. The van der Waals surface area contributed by atoms with Crippen molar-refractivity contribution in [3.8, 4) is 0 Å². The summed E-state index contributed by atoms with van der Waals surface area (Å²) >= 11 is 0. The molecular weight excluding hydrogens is 331 g/mol. The summed E-state index contributed by atoms with van der Waals surface area (Å²) in [6.07, 6.45) is 0. The first kappa shape index (κ1) is 18.1. The van der Waals surface area contributed by atoms with Crippen molar-refractivity contribution >= 4 is 15.9 Å². The molecule has 2 aromatic rings. The van der Waals surface area contributed by atoms with Gasteiger partial charge in [0.05, 0.1) is 4.90 Å². The molecule has 1 atom stereocenters. The highest BCUT2D eigenvalue weighted by molar-refractivity contribution is 7.89. The van der Waals surface area contributed by atoms with Crippen LogP contribution in [-0.2, 0) is 14.8 Å². The fourth-order valence-corrected chi connectivity index (χ4v) is 3.31. The van der Waals surface area contributed by atoms with E-state index in [0.717, 1.165) is 24.3 Å². The number of amides is 1. The summed E-state index contributed by atoms with van der Waals surface area (Å²) in [4.78, 5) is 12.3. The van der Waals surface area contributed by atoms with Crippen molar-refractivity contribution < 1.29 is 17.6 Å². The minimum atomic E-state index is -3.98. The van der Waals surface area contributed by atoms with Crippen molar-refractivity contribution in [3.05, 3.63) is 66.0 Å². The molecule has 128 valence electrons. The second-order valence-electron chi connectivity index (χ2n) is 5.58.